The molecule has 1 heterocycles. The van der Waals surface area contributed by atoms with Crippen molar-refractivity contribution in [2.45, 2.75) is 26.7 Å². The van der Waals surface area contributed by atoms with Crippen LogP contribution in [0.4, 0.5) is 4.79 Å². The third-order valence-electron chi connectivity index (χ3n) is 3.37. The number of aromatic nitrogens is 2. The van der Waals surface area contributed by atoms with E-state index in [2.05, 4.69) is 15.7 Å². The van der Waals surface area contributed by atoms with Crippen LogP contribution in [-0.2, 0) is 18.3 Å². The van der Waals surface area contributed by atoms with E-state index in [0.717, 1.165) is 5.69 Å². The normalized spacial score (nSPS) is 13.6. The van der Waals surface area contributed by atoms with Gasteiger partial charge in [-0.2, -0.15) is 5.10 Å². The Morgan fingerprint density at radius 3 is 2.65 bits per heavy atom. The van der Waals surface area contributed by atoms with Crippen molar-refractivity contribution >= 4 is 12.0 Å². The van der Waals surface area contributed by atoms with Crippen LogP contribution in [0.3, 0.4) is 0 Å². The van der Waals surface area contributed by atoms with E-state index in [1.807, 2.05) is 19.3 Å². The van der Waals surface area contributed by atoms with Crippen LogP contribution in [0.25, 0.3) is 0 Å². The zero-order valence-electron chi connectivity index (χ0n) is 12.1. The lowest BCUT2D eigenvalue weighted by Crippen LogP contribution is -2.45. The predicted octanol–water partition coefficient (Wildman–Crippen LogP) is 0.763. The first kappa shape index (κ1) is 16.0. The Bertz CT molecular complexity index is 472. The number of carboxylic acids is 1. The first-order valence-electron chi connectivity index (χ1n) is 6.61. The molecule has 0 aromatic carbocycles. The first-order chi connectivity index (χ1) is 9.37. The molecule has 0 aliphatic heterocycles. The summed E-state index contributed by atoms with van der Waals surface area (Å²) in [4.78, 5) is 22.7. The Morgan fingerprint density at radius 1 is 1.45 bits per heavy atom. The summed E-state index contributed by atoms with van der Waals surface area (Å²) >= 11 is 0. The maximum atomic E-state index is 11.6. The average Bonchev–Trinajstić information content (AvgIpc) is 2.81. The van der Waals surface area contributed by atoms with Crippen LogP contribution in [0.1, 0.15) is 26.0 Å². The Labute approximate surface area is 118 Å². The van der Waals surface area contributed by atoms with E-state index in [0.29, 0.717) is 19.4 Å². The number of urea groups is 1. The van der Waals surface area contributed by atoms with E-state index in [9.17, 15) is 9.59 Å². The zero-order valence-corrected chi connectivity index (χ0v) is 12.1. The Hall–Kier alpha value is -2.05. The number of nitrogens with zero attached hydrogens (tertiary/aromatic N) is 2. The lowest BCUT2D eigenvalue weighted by atomic mass is 9.88. The molecule has 3 N–H and O–H groups in total. The summed E-state index contributed by atoms with van der Waals surface area (Å²) in [5, 5.41) is 18.6. The SMILES string of the molecule is CCC(C)(CNC(=O)NCCc1ccn(C)n1)C(=O)O. The van der Waals surface area contributed by atoms with E-state index >= 15 is 0 Å². The summed E-state index contributed by atoms with van der Waals surface area (Å²) < 4.78 is 1.70. The Morgan fingerprint density at radius 2 is 2.15 bits per heavy atom. The van der Waals surface area contributed by atoms with Crippen molar-refractivity contribution in [2.75, 3.05) is 13.1 Å². The second kappa shape index (κ2) is 6.93. The Kier molecular flexibility index (Phi) is 5.54. The van der Waals surface area contributed by atoms with Gasteiger partial charge < -0.3 is 15.7 Å². The van der Waals surface area contributed by atoms with Crippen LogP contribution in [0.2, 0.25) is 0 Å². The molecule has 2 amide bonds. The summed E-state index contributed by atoms with van der Waals surface area (Å²) in [5.74, 6) is -0.909. The van der Waals surface area contributed by atoms with E-state index in [4.69, 9.17) is 5.11 Å². The highest BCUT2D eigenvalue weighted by molar-refractivity contribution is 5.77. The molecule has 0 saturated carbocycles. The molecule has 0 fully saturated rings. The molecular weight excluding hydrogens is 260 g/mol. The van der Waals surface area contributed by atoms with Crippen LogP contribution >= 0.6 is 0 Å². The highest BCUT2D eigenvalue weighted by atomic mass is 16.4. The largest absolute Gasteiger partial charge is 0.481 e. The molecule has 0 aliphatic carbocycles. The predicted molar refractivity (Wildman–Crippen MR) is 74.3 cm³/mol. The van der Waals surface area contributed by atoms with Crippen molar-refractivity contribution in [3.8, 4) is 0 Å². The number of carbonyl (C=O) groups excluding carboxylic acids is 1. The molecule has 7 nitrogen and oxygen atoms in total. The van der Waals surface area contributed by atoms with Gasteiger partial charge in [0, 0.05) is 32.8 Å². The molecule has 0 radical (unpaired) electrons. The fourth-order valence-electron chi connectivity index (χ4n) is 1.59. The molecule has 0 aliphatic rings. The highest BCUT2D eigenvalue weighted by Gasteiger charge is 2.31. The molecule has 112 valence electrons. The monoisotopic (exact) mass is 282 g/mol. The van der Waals surface area contributed by atoms with E-state index in [-0.39, 0.29) is 12.6 Å². The number of carbonyl (C=O) groups is 2. The minimum Gasteiger partial charge on any atom is -0.481 e. The fraction of sp³-hybridized carbons (Fsp3) is 0.615. The molecule has 1 atom stereocenters. The minimum absolute atomic E-state index is 0.105. The van der Waals surface area contributed by atoms with E-state index < -0.39 is 11.4 Å². The molecule has 0 saturated heterocycles. The van der Waals surface area contributed by atoms with Crippen molar-refractivity contribution in [2.24, 2.45) is 12.5 Å². The number of hydrogen-bond acceptors (Lipinski definition) is 3. The molecule has 7 heteroatoms. The number of carboxylic acid groups (broad SMARTS) is 1. The van der Waals surface area contributed by atoms with Crippen molar-refractivity contribution in [1.29, 1.82) is 0 Å². The van der Waals surface area contributed by atoms with Crippen molar-refractivity contribution in [1.82, 2.24) is 20.4 Å². The number of aliphatic carboxylic acids is 1. The second-order valence-corrected chi connectivity index (χ2v) is 5.06. The molecule has 1 aromatic rings. The van der Waals surface area contributed by atoms with Gasteiger partial charge in [-0.3, -0.25) is 9.48 Å². The van der Waals surface area contributed by atoms with Crippen LogP contribution in [0.5, 0.6) is 0 Å². The van der Waals surface area contributed by atoms with Gasteiger partial charge in [-0.05, 0) is 19.4 Å². The highest BCUT2D eigenvalue weighted by Crippen LogP contribution is 2.19. The quantitative estimate of drug-likeness (QED) is 0.688. The third-order valence-corrected chi connectivity index (χ3v) is 3.37. The lowest BCUT2D eigenvalue weighted by Gasteiger charge is -2.23. The molecule has 20 heavy (non-hydrogen) atoms. The van der Waals surface area contributed by atoms with Crippen molar-refractivity contribution in [3.05, 3.63) is 18.0 Å². The van der Waals surface area contributed by atoms with Crippen molar-refractivity contribution in [3.63, 3.8) is 0 Å². The molecule has 1 unspecified atom stereocenters. The topological polar surface area (TPSA) is 96.3 Å². The van der Waals surface area contributed by atoms with Gasteiger partial charge in [0.2, 0.25) is 0 Å². The molecular formula is C13H22N4O3. The van der Waals surface area contributed by atoms with Crippen LogP contribution < -0.4 is 10.6 Å². The van der Waals surface area contributed by atoms with Crippen LogP contribution in [0.15, 0.2) is 12.3 Å². The lowest BCUT2D eigenvalue weighted by molar-refractivity contribution is -0.147. The van der Waals surface area contributed by atoms with Gasteiger partial charge in [-0.1, -0.05) is 6.92 Å². The fourth-order valence-corrected chi connectivity index (χ4v) is 1.59. The number of rotatable bonds is 7. The van der Waals surface area contributed by atoms with Gasteiger partial charge in [0.05, 0.1) is 11.1 Å². The third kappa shape index (κ3) is 4.56. The summed E-state index contributed by atoms with van der Waals surface area (Å²) in [5.41, 5.74) is -0.0325. The zero-order chi connectivity index (χ0) is 15.2. The smallest absolute Gasteiger partial charge is 0.314 e. The number of hydrogen-bond donors (Lipinski definition) is 3. The molecule has 0 spiro atoms. The van der Waals surface area contributed by atoms with Gasteiger partial charge in [0.25, 0.3) is 0 Å². The molecule has 1 aromatic heterocycles. The van der Waals surface area contributed by atoms with Gasteiger partial charge in [0.1, 0.15) is 0 Å². The van der Waals surface area contributed by atoms with Gasteiger partial charge >= 0.3 is 12.0 Å². The average molecular weight is 282 g/mol. The van der Waals surface area contributed by atoms with Crippen LogP contribution in [0, 0.1) is 5.41 Å². The Balaban J connectivity index is 2.28. The summed E-state index contributed by atoms with van der Waals surface area (Å²) in [6, 6.07) is 1.53. The van der Waals surface area contributed by atoms with Gasteiger partial charge in [0.15, 0.2) is 0 Å². The van der Waals surface area contributed by atoms with Crippen LogP contribution in [-0.4, -0.2) is 40.0 Å². The first-order valence-corrected chi connectivity index (χ1v) is 6.61. The molecule has 0 bridgehead atoms. The maximum absolute atomic E-state index is 11.6. The summed E-state index contributed by atoms with van der Waals surface area (Å²) in [7, 11) is 1.83. The van der Waals surface area contributed by atoms with Gasteiger partial charge in [-0.15, -0.1) is 0 Å². The number of nitrogens with one attached hydrogen (secondary N) is 2. The number of amides is 2. The van der Waals surface area contributed by atoms with Gasteiger partial charge in [-0.25, -0.2) is 4.79 Å². The summed E-state index contributed by atoms with van der Waals surface area (Å²) in [6.07, 6.45) is 2.93. The van der Waals surface area contributed by atoms with E-state index in [1.54, 1.807) is 18.5 Å². The standard InChI is InChI=1S/C13H22N4O3/c1-4-13(2,11(18)19)9-15-12(20)14-7-5-10-6-8-17(3)16-10/h6,8H,4-5,7,9H2,1-3H3,(H,18,19)(H2,14,15,20). The molecule has 1 rings (SSSR count). The number of aryl methyl sites for hydroxylation is 1. The maximum Gasteiger partial charge on any atom is 0.314 e. The van der Waals surface area contributed by atoms with E-state index in [1.165, 1.54) is 0 Å². The minimum atomic E-state index is -0.932. The van der Waals surface area contributed by atoms with Crippen molar-refractivity contribution < 1.29 is 14.7 Å². The summed E-state index contributed by atoms with van der Waals surface area (Å²) in [6.45, 7) is 3.96. The second-order valence-electron chi connectivity index (χ2n) is 5.06.